The Bertz CT molecular complexity index is 90.7. The van der Waals surface area contributed by atoms with E-state index >= 15 is 0 Å². The van der Waals surface area contributed by atoms with Crippen LogP contribution in [-0.4, -0.2) is 17.5 Å². The smallest absolute Gasteiger partial charge is 0.264 e. The number of hydrogen-bond donors (Lipinski definition) is 2. The van der Waals surface area contributed by atoms with Crippen molar-refractivity contribution < 1.29 is 39.9 Å². The zero-order valence-corrected chi connectivity index (χ0v) is 5.58. The summed E-state index contributed by atoms with van der Waals surface area (Å²) in [6, 6.07) is 0. The van der Waals surface area contributed by atoms with Gasteiger partial charge in [-0.3, -0.25) is 9.11 Å². The first-order valence-corrected chi connectivity index (χ1v) is 2.10. The standard InChI is InChI=1S/Nb.H2O4S/c;1-5(2,3)4/h;(H2,1,2,3,4). The van der Waals surface area contributed by atoms with Gasteiger partial charge in [0, 0.05) is 22.4 Å². The molecule has 1 radical (unpaired) electrons. The summed E-state index contributed by atoms with van der Waals surface area (Å²) in [4.78, 5) is 0. The first-order valence-electron chi connectivity index (χ1n) is 0.698. The fourth-order valence-corrected chi connectivity index (χ4v) is 0. The van der Waals surface area contributed by atoms with Gasteiger partial charge in [-0.05, 0) is 0 Å². The summed E-state index contributed by atoms with van der Waals surface area (Å²) in [7, 11) is -4.67. The summed E-state index contributed by atoms with van der Waals surface area (Å²) in [6.45, 7) is 0. The monoisotopic (exact) mass is 191 g/mol. The maximum atomic E-state index is 8.74. The van der Waals surface area contributed by atoms with E-state index in [1.54, 1.807) is 0 Å². The van der Waals surface area contributed by atoms with Crippen LogP contribution in [0.15, 0.2) is 0 Å². The third kappa shape index (κ3) is 161. The number of rotatable bonds is 0. The molecule has 0 bridgehead atoms. The summed E-state index contributed by atoms with van der Waals surface area (Å²) in [5.74, 6) is 0. The van der Waals surface area contributed by atoms with E-state index in [2.05, 4.69) is 0 Å². The van der Waals surface area contributed by atoms with Gasteiger partial charge in [-0.2, -0.15) is 8.42 Å². The van der Waals surface area contributed by atoms with Crippen LogP contribution in [0, 0.1) is 0 Å². The third-order valence-electron chi connectivity index (χ3n) is 0. The van der Waals surface area contributed by atoms with E-state index in [1.165, 1.54) is 0 Å². The van der Waals surface area contributed by atoms with E-state index in [0.29, 0.717) is 0 Å². The summed E-state index contributed by atoms with van der Waals surface area (Å²) >= 11 is 0. The van der Waals surface area contributed by atoms with E-state index in [9.17, 15) is 0 Å². The molecular formula is H2NbO4S. The molecule has 0 saturated carbocycles. The van der Waals surface area contributed by atoms with Gasteiger partial charge in [0.1, 0.15) is 0 Å². The molecule has 0 unspecified atom stereocenters. The predicted octanol–water partition coefficient (Wildman–Crippen LogP) is -0.655. The Hall–Kier alpha value is 0.610. The maximum Gasteiger partial charge on any atom is 0.394 e. The summed E-state index contributed by atoms with van der Waals surface area (Å²) in [5, 5.41) is 0. The molecule has 6 heteroatoms. The molecule has 0 rings (SSSR count). The van der Waals surface area contributed by atoms with Crippen LogP contribution in [0.1, 0.15) is 0 Å². The minimum Gasteiger partial charge on any atom is -0.264 e. The van der Waals surface area contributed by atoms with Gasteiger partial charge in [0.05, 0.1) is 0 Å². The van der Waals surface area contributed by atoms with Crippen molar-refractivity contribution in [3.05, 3.63) is 0 Å². The molecule has 0 aromatic rings. The van der Waals surface area contributed by atoms with Gasteiger partial charge >= 0.3 is 10.4 Å². The summed E-state index contributed by atoms with van der Waals surface area (Å²) in [6.07, 6.45) is 0. The molecule has 0 amide bonds. The van der Waals surface area contributed by atoms with Crippen LogP contribution in [-0.2, 0) is 32.8 Å². The molecule has 0 atom stereocenters. The fraction of sp³-hybridized carbons (Fsp3) is 0. The van der Waals surface area contributed by atoms with E-state index in [-0.39, 0.29) is 22.4 Å². The van der Waals surface area contributed by atoms with Crippen molar-refractivity contribution in [1.29, 1.82) is 0 Å². The Balaban J connectivity index is 0. The summed E-state index contributed by atoms with van der Waals surface area (Å²) < 4.78 is 31.6. The quantitative estimate of drug-likeness (QED) is 0.393. The van der Waals surface area contributed by atoms with E-state index in [4.69, 9.17) is 17.5 Å². The molecule has 0 aliphatic rings. The van der Waals surface area contributed by atoms with E-state index < -0.39 is 10.4 Å². The molecular weight excluding hydrogens is 189 g/mol. The van der Waals surface area contributed by atoms with Crippen molar-refractivity contribution in [3.8, 4) is 0 Å². The molecule has 0 aromatic carbocycles. The first-order chi connectivity index (χ1) is 2.00. The van der Waals surface area contributed by atoms with Crippen molar-refractivity contribution in [1.82, 2.24) is 0 Å². The zero-order chi connectivity index (χ0) is 4.50. The topological polar surface area (TPSA) is 74.6 Å². The van der Waals surface area contributed by atoms with Crippen LogP contribution >= 0.6 is 0 Å². The van der Waals surface area contributed by atoms with Crippen molar-refractivity contribution >= 4 is 10.4 Å². The van der Waals surface area contributed by atoms with Crippen LogP contribution < -0.4 is 0 Å². The van der Waals surface area contributed by atoms with Gasteiger partial charge in [-0.15, -0.1) is 0 Å². The van der Waals surface area contributed by atoms with E-state index in [0.717, 1.165) is 0 Å². The second-order valence-corrected chi connectivity index (χ2v) is 1.34. The molecule has 37 valence electrons. The predicted molar refractivity (Wildman–Crippen MR) is 14.2 cm³/mol. The Labute approximate surface area is 50.6 Å². The molecule has 0 aliphatic heterocycles. The molecule has 2 N–H and O–H groups in total. The van der Waals surface area contributed by atoms with Crippen molar-refractivity contribution in [2.75, 3.05) is 0 Å². The largest absolute Gasteiger partial charge is 0.394 e. The van der Waals surface area contributed by atoms with Gasteiger partial charge < -0.3 is 0 Å². The molecule has 0 fully saturated rings. The molecule has 0 spiro atoms. The Morgan fingerprint density at radius 3 is 1.17 bits per heavy atom. The second-order valence-electron chi connectivity index (χ2n) is 0.448. The Morgan fingerprint density at radius 1 is 1.17 bits per heavy atom. The fourth-order valence-electron chi connectivity index (χ4n) is 0. The maximum absolute atomic E-state index is 8.74. The Morgan fingerprint density at radius 2 is 1.17 bits per heavy atom. The second kappa shape index (κ2) is 2.73. The third-order valence-corrected chi connectivity index (χ3v) is 0. The molecule has 0 aliphatic carbocycles. The van der Waals surface area contributed by atoms with Crippen LogP contribution in [0.25, 0.3) is 0 Å². The zero-order valence-electron chi connectivity index (χ0n) is 2.57. The van der Waals surface area contributed by atoms with Gasteiger partial charge in [-0.25, -0.2) is 0 Å². The van der Waals surface area contributed by atoms with Gasteiger partial charge in [-0.1, -0.05) is 0 Å². The van der Waals surface area contributed by atoms with Crippen molar-refractivity contribution in [2.24, 2.45) is 0 Å². The molecule has 0 aromatic heterocycles. The average Bonchev–Trinajstić information content (AvgIpc) is 0.722. The minimum absolute atomic E-state index is 0. The molecule has 4 nitrogen and oxygen atoms in total. The van der Waals surface area contributed by atoms with E-state index in [1.807, 2.05) is 0 Å². The Kier molecular flexibility index (Phi) is 4.45. The van der Waals surface area contributed by atoms with Crippen LogP contribution in [0.5, 0.6) is 0 Å². The first kappa shape index (κ1) is 9.79. The van der Waals surface area contributed by atoms with Crippen LogP contribution in [0.2, 0.25) is 0 Å². The molecule has 6 heavy (non-hydrogen) atoms. The van der Waals surface area contributed by atoms with Crippen molar-refractivity contribution in [2.45, 2.75) is 0 Å². The SMILES string of the molecule is O=S(=O)(O)O.[Nb]. The normalized spacial score (nSPS) is 9.67. The molecule has 0 saturated heterocycles. The minimum atomic E-state index is -4.67. The van der Waals surface area contributed by atoms with Crippen LogP contribution in [0.3, 0.4) is 0 Å². The van der Waals surface area contributed by atoms with Crippen molar-refractivity contribution in [3.63, 3.8) is 0 Å². The van der Waals surface area contributed by atoms with Gasteiger partial charge in [0.15, 0.2) is 0 Å². The number of hydrogen-bond acceptors (Lipinski definition) is 2. The summed E-state index contributed by atoms with van der Waals surface area (Å²) in [5.41, 5.74) is 0. The average molecular weight is 191 g/mol. The molecule has 0 heterocycles. The van der Waals surface area contributed by atoms with Gasteiger partial charge in [0.2, 0.25) is 0 Å². The van der Waals surface area contributed by atoms with Gasteiger partial charge in [0.25, 0.3) is 0 Å². The van der Waals surface area contributed by atoms with Crippen LogP contribution in [0.4, 0.5) is 0 Å².